The number of anilines is 1. The predicted molar refractivity (Wildman–Crippen MR) is 80.5 cm³/mol. The summed E-state index contributed by atoms with van der Waals surface area (Å²) < 4.78 is 7.10. The fraction of sp³-hybridized carbons (Fsp3) is 0.615. The summed E-state index contributed by atoms with van der Waals surface area (Å²) in [6, 6.07) is 0. The topological polar surface area (TPSA) is 152 Å². The van der Waals surface area contributed by atoms with E-state index in [9.17, 15) is 15.3 Å². The van der Waals surface area contributed by atoms with Crippen LogP contribution in [0.15, 0.2) is 12.7 Å². The molecule has 0 amide bonds. The van der Waals surface area contributed by atoms with Crippen molar-refractivity contribution in [3.05, 3.63) is 12.7 Å². The van der Waals surface area contributed by atoms with Gasteiger partial charge in [0.1, 0.15) is 24.1 Å². The molecule has 1 fully saturated rings. The third kappa shape index (κ3) is 2.54. The largest absolute Gasteiger partial charge is 0.394 e. The average molecular weight is 324 g/mol. The Morgan fingerprint density at radius 3 is 2.87 bits per heavy atom. The Labute approximate surface area is 131 Å². The molecule has 1 aliphatic heterocycles. The highest BCUT2D eigenvalue weighted by Crippen LogP contribution is 2.39. The van der Waals surface area contributed by atoms with Crippen LogP contribution in [0.2, 0.25) is 0 Å². The van der Waals surface area contributed by atoms with E-state index in [4.69, 9.17) is 10.5 Å². The van der Waals surface area contributed by atoms with E-state index in [1.165, 1.54) is 24.1 Å². The molecule has 2 aromatic heterocycles. The van der Waals surface area contributed by atoms with Crippen LogP contribution in [0.3, 0.4) is 0 Å². The second-order valence-electron chi connectivity index (χ2n) is 5.64. The number of hydrogen-bond acceptors (Lipinski definition) is 9. The Balaban J connectivity index is 2.01. The lowest BCUT2D eigenvalue weighted by atomic mass is 9.96. The number of nitrogens with one attached hydrogen (secondary N) is 1. The zero-order valence-corrected chi connectivity index (χ0v) is 12.6. The number of aliphatic hydroxyl groups is 3. The highest BCUT2D eigenvalue weighted by atomic mass is 16.6. The lowest BCUT2D eigenvalue weighted by Gasteiger charge is -2.27. The average Bonchev–Trinajstić information content (AvgIpc) is 3.06. The van der Waals surface area contributed by atoms with Gasteiger partial charge in [-0.2, -0.15) is 0 Å². The number of aromatic nitrogens is 4. The molecule has 3 heterocycles. The van der Waals surface area contributed by atoms with E-state index < -0.39 is 30.6 Å². The van der Waals surface area contributed by atoms with Crippen molar-refractivity contribution in [3.63, 3.8) is 0 Å². The molecule has 0 radical (unpaired) electrons. The zero-order chi connectivity index (χ0) is 16.6. The number of imidazole rings is 1. The fourth-order valence-electron chi connectivity index (χ4n) is 2.73. The summed E-state index contributed by atoms with van der Waals surface area (Å²) in [6.45, 7) is 2.01. The van der Waals surface area contributed by atoms with E-state index in [2.05, 4.69) is 20.3 Å². The number of fused-ring (bicyclic) bond motifs is 1. The van der Waals surface area contributed by atoms with Crippen molar-refractivity contribution in [1.29, 1.82) is 0 Å². The van der Waals surface area contributed by atoms with Crippen molar-refractivity contribution in [3.8, 4) is 0 Å². The number of ether oxygens (including phenoxy) is 1. The van der Waals surface area contributed by atoms with Gasteiger partial charge in [0.05, 0.1) is 12.9 Å². The van der Waals surface area contributed by atoms with Crippen LogP contribution in [0.5, 0.6) is 0 Å². The summed E-state index contributed by atoms with van der Waals surface area (Å²) in [5.41, 5.74) is 4.81. The van der Waals surface area contributed by atoms with E-state index in [0.29, 0.717) is 30.1 Å². The summed E-state index contributed by atoms with van der Waals surface area (Å²) in [7, 11) is 0. The summed E-state index contributed by atoms with van der Waals surface area (Å²) in [5.74, 6) is 0.524. The van der Waals surface area contributed by atoms with Crippen molar-refractivity contribution in [1.82, 2.24) is 19.5 Å². The monoisotopic (exact) mass is 324 g/mol. The van der Waals surface area contributed by atoms with Gasteiger partial charge in [0, 0.05) is 13.1 Å². The molecule has 10 heteroatoms. The van der Waals surface area contributed by atoms with Crippen molar-refractivity contribution in [2.45, 2.75) is 31.0 Å². The standard InChI is InChI=1S/C13H20N6O4/c1-13(22)9(21)7(4-20)23-12(13)19-6-18-8-10(15-3-2-14)16-5-17-11(8)19/h5-7,9,12,20-22H,2-4,14H2,1H3,(H,15,16,17)/t7?,9?,12?,13-/m1/s1. The van der Waals surface area contributed by atoms with Crippen LogP contribution < -0.4 is 11.1 Å². The van der Waals surface area contributed by atoms with Crippen molar-refractivity contribution >= 4 is 17.0 Å². The van der Waals surface area contributed by atoms with E-state index in [1.54, 1.807) is 0 Å². The van der Waals surface area contributed by atoms with Gasteiger partial charge in [0.2, 0.25) is 0 Å². The first-order valence-corrected chi connectivity index (χ1v) is 7.29. The van der Waals surface area contributed by atoms with Gasteiger partial charge < -0.3 is 31.1 Å². The summed E-state index contributed by atoms with van der Waals surface area (Å²) >= 11 is 0. The van der Waals surface area contributed by atoms with Gasteiger partial charge in [-0.15, -0.1) is 0 Å². The van der Waals surface area contributed by atoms with Gasteiger partial charge in [0.25, 0.3) is 0 Å². The lowest BCUT2D eigenvalue weighted by Crippen LogP contribution is -2.44. The number of aliphatic hydroxyl groups excluding tert-OH is 2. The Kier molecular flexibility index (Phi) is 4.17. The third-order valence-corrected chi connectivity index (χ3v) is 3.98. The van der Waals surface area contributed by atoms with E-state index in [-0.39, 0.29) is 0 Å². The quantitative estimate of drug-likeness (QED) is 0.429. The molecule has 126 valence electrons. The Bertz CT molecular complexity index is 690. The molecule has 3 rings (SSSR count). The summed E-state index contributed by atoms with van der Waals surface area (Å²) in [4.78, 5) is 12.6. The van der Waals surface area contributed by atoms with Crippen LogP contribution in [0.4, 0.5) is 5.82 Å². The number of rotatable bonds is 5. The number of hydrogen-bond donors (Lipinski definition) is 5. The van der Waals surface area contributed by atoms with Crippen LogP contribution in [0.25, 0.3) is 11.2 Å². The minimum Gasteiger partial charge on any atom is -0.394 e. The molecule has 0 spiro atoms. The zero-order valence-electron chi connectivity index (χ0n) is 12.6. The first-order valence-electron chi connectivity index (χ1n) is 7.29. The molecule has 10 nitrogen and oxygen atoms in total. The van der Waals surface area contributed by atoms with Gasteiger partial charge in [-0.25, -0.2) is 15.0 Å². The van der Waals surface area contributed by atoms with Crippen LogP contribution in [-0.4, -0.2) is 72.3 Å². The maximum Gasteiger partial charge on any atom is 0.168 e. The van der Waals surface area contributed by atoms with Crippen molar-refractivity contribution < 1.29 is 20.1 Å². The van der Waals surface area contributed by atoms with E-state index in [0.717, 1.165) is 0 Å². The molecule has 1 aliphatic rings. The molecule has 2 aromatic rings. The minimum absolute atomic E-state index is 0.404. The summed E-state index contributed by atoms with van der Waals surface area (Å²) in [6.07, 6.45) is -0.227. The fourth-order valence-corrected chi connectivity index (χ4v) is 2.73. The molecule has 23 heavy (non-hydrogen) atoms. The Hall–Kier alpha value is -1.85. The predicted octanol–water partition coefficient (Wildman–Crippen LogP) is -1.80. The summed E-state index contributed by atoms with van der Waals surface area (Å²) in [5, 5.41) is 33.0. The molecule has 0 bridgehead atoms. The molecular formula is C13H20N6O4. The second kappa shape index (κ2) is 5.98. The molecule has 6 N–H and O–H groups in total. The second-order valence-corrected chi connectivity index (χ2v) is 5.64. The SMILES string of the molecule is C[C@@]1(O)C(O)C(CO)OC1n1cnc2c(NCCN)ncnc21. The number of nitrogens with two attached hydrogens (primary N) is 1. The van der Waals surface area contributed by atoms with Crippen LogP contribution in [0, 0.1) is 0 Å². The minimum atomic E-state index is -1.60. The highest BCUT2D eigenvalue weighted by Gasteiger charge is 2.53. The first kappa shape index (κ1) is 16.0. The maximum absolute atomic E-state index is 10.6. The molecular weight excluding hydrogens is 304 g/mol. The Morgan fingerprint density at radius 2 is 2.22 bits per heavy atom. The van der Waals surface area contributed by atoms with E-state index >= 15 is 0 Å². The van der Waals surface area contributed by atoms with Gasteiger partial charge in [-0.1, -0.05) is 0 Å². The van der Waals surface area contributed by atoms with Crippen LogP contribution in [0.1, 0.15) is 13.2 Å². The molecule has 0 aliphatic carbocycles. The van der Waals surface area contributed by atoms with Crippen LogP contribution >= 0.6 is 0 Å². The maximum atomic E-state index is 10.6. The normalized spacial score (nSPS) is 30.9. The number of nitrogens with zero attached hydrogens (tertiary/aromatic N) is 4. The van der Waals surface area contributed by atoms with Crippen molar-refractivity contribution in [2.24, 2.45) is 5.73 Å². The molecule has 0 aromatic carbocycles. The van der Waals surface area contributed by atoms with E-state index in [1.807, 2.05) is 0 Å². The molecule has 4 atom stereocenters. The molecule has 3 unspecified atom stereocenters. The van der Waals surface area contributed by atoms with Gasteiger partial charge in [-0.3, -0.25) is 4.57 Å². The molecule has 1 saturated heterocycles. The van der Waals surface area contributed by atoms with Gasteiger partial charge in [-0.05, 0) is 6.92 Å². The van der Waals surface area contributed by atoms with Gasteiger partial charge >= 0.3 is 0 Å². The third-order valence-electron chi connectivity index (χ3n) is 3.98. The van der Waals surface area contributed by atoms with Crippen molar-refractivity contribution in [2.75, 3.05) is 25.0 Å². The lowest BCUT2D eigenvalue weighted by molar-refractivity contribution is -0.0950. The first-order chi connectivity index (χ1) is 11.0. The van der Waals surface area contributed by atoms with Gasteiger partial charge in [0.15, 0.2) is 23.2 Å². The smallest absolute Gasteiger partial charge is 0.168 e. The molecule has 0 saturated carbocycles. The van der Waals surface area contributed by atoms with Crippen LogP contribution in [-0.2, 0) is 4.74 Å². The highest BCUT2D eigenvalue weighted by molar-refractivity contribution is 5.82. The Morgan fingerprint density at radius 1 is 1.43 bits per heavy atom.